The molecular weight excluding hydrogens is 352 g/mol. The second-order valence-electron chi connectivity index (χ2n) is 6.28. The molecule has 0 spiro atoms. The highest BCUT2D eigenvalue weighted by molar-refractivity contribution is 6.61. The van der Waals surface area contributed by atoms with E-state index in [0.29, 0.717) is 24.9 Å². The Morgan fingerprint density at radius 3 is 2.54 bits per heavy atom. The fourth-order valence-electron chi connectivity index (χ4n) is 3.39. The van der Waals surface area contributed by atoms with Crippen LogP contribution in [0.2, 0.25) is 0 Å². The Labute approximate surface area is 157 Å². The zero-order valence-electron chi connectivity index (χ0n) is 14.1. The third kappa shape index (κ3) is 4.23. The van der Waals surface area contributed by atoms with E-state index < -0.39 is 17.8 Å². The van der Waals surface area contributed by atoms with E-state index in [1.54, 1.807) is 12.1 Å². The van der Waals surface area contributed by atoms with Gasteiger partial charge in [-0.25, -0.2) is 4.79 Å². The van der Waals surface area contributed by atoms with Crippen LogP contribution in [0, 0.1) is 11.3 Å². The van der Waals surface area contributed by atoms with Crippen molar-refractivity contribution in [1.29, 1.82) is 5.26 Å². The van der Waals surface area contributed by atoms with Crippen LogP contribution in [0.15, 0.2) is 54.6 Å². The van der Waals surface area contributed by atoms with Crippen LogP contribution < -0.4 is 0 Å². The van der Waals surface area contributed by atoms with Crippen LogP contribution in [0.25, 0.3) is 0 Å². The maximum Gasteiger partial charge on any atom is 0.405 e. The van der Waals surface area contributed by atoms with Gasteiger partial charge in [0.25, 0.3) is 0 Å². The lowest BCUT2D eigenvalue weighted by atomic mass is 9.92. The number of carbonyl (C=O) groups is 1. The fourth-order valence-corrected chi connectivity index (χ4v) is 3.47. The number of hydrogen-bond acceptors (Lipinski definition) is 5. The maximum absolute atomic E-state index is 11.5. The van der Waals surface area contributed by atoms with E-state index in [2.05, 4.69) is 6.07 Å². The number of ether oxygens (including phenoxy) is 1. The van der Waals surface area contributed by atoms with Crippen molar-refractivity contribution >= 4 is 17.0 Å². The first kappa shape index (κ1) is 18.4. The number of hydrogen-bond donors (Lipinski definition) is 1. The van der Waals surface area contributed by atoms with Crippen LogP contribution in [0.5, 0.6) is 0 Å². The van der Waals surface area contributed by atoms with Crippen molar-refractivity contribution in [3.63, 3.8) is 0 Å². The van der Waals surface area contributed by atoms with E-state index >= 15 is 0 Å². The van der Waals surface area contributed by atoms with Crippen LogP contribution in [0.3, 0.4) is 0 Å². The molecule has 26 heavy (non-hydrogen) atoms. The number of aliphatic hydroxyl groups is 1. The lowest BCUT2D eigenvalue weighted by Crippen LogP contribution is -2.42. The minimum absolute atomic E-state index is 0.160. The highest BCUT2D eigenvalue weighted by atomic mass is 35.5. The molecule has 1 aliphatic rings. The summed E-state index contributed by atoms with van der Waals surface area (Å²) in [4.78, 5) is 13.5. The second-order valence-corrected chi connectivity index (χ2v) is 6.59. The van der Waals surface area contributed by atoms with Gasteiger partial charge in [0.2, 0.25) is 0 Å². The number of nitrogens with zero attached hydrogens (tertiary/aromatic N) is 2. The molecule has 2 aromatic rings. The third-order valence-corrected chi connectivity index (χ3v) is 4.72. The molecule has 1 saturated heterocycles. The van der Waals surface area contributed by atoms with Gasteiger partial charge in [0.05, 0.1) is 17.7 Å². The van der Waals surface area contributed by atoms with E-state index in [9.17, 15) is 9.90 Å². The van der Waals surface area contributed by atoms with Crippen LogP contribution >= 0.6 is 11.6 Å². The fraction of sp³-hybridized carbons (Fsp3) is 0.300. The van der Waals surface area contributed by atoms with Gasteiger partial charge in [0.1, 0.15) is 0 Å². The molecule has 1 aliphatic heterocycles. The number of rotatable bonds is 4. The molecule has 6 heteroatoms. The standard InChI is InChI=1S/C20H19ClN2O3/c21-20(25)26-19(16-4-2-1-3-5-16)23-11-10-17(24)12-18(23)15-8-6-14(13-22)7-9-15/h1-9,17-19,24H,10-12H2. The number of halogens is 1. The van der Waals surface area contributed by atoms with Gasteiger partial charge in [-0.15, -0.1) is 0 Å². The normalized spacial score (nSPS) is 21.6. The topological polar surface area (TPSA) is 73.6 Å². The number of aliphatic hydroxyl groups excluding tert-OH is 1. The highest BCUT2D eigenvalue weighted by Gasteiger charge is 2.35. The summed E-state index contributed by atoms with van der Waals surface area (Å²) >= 11 is 5.53. The van der Waals surface area contributed by atoms with Gasteiger partial charge in [0, 0.05) is 29.8 Å². The molecule has 2 aromatic carbocycles. The average molecular weight is 371 g/mol. The number of benzene rings is 2. The molecular formula is C20H19ClN2O3. The molecule has 0 saturated carbocycles. The number of carbonyl (C=O) groups excluding carboxylic acids is 1. The summed E-state index contributed by atoms with van der Waals surface area (Å²) in [6.07, 6.45) is 0.00902. The largest absolute Gasteiger partial charge is 0.430 e. The number of nitriles is 1. The van der Waals surface area contributed by atoms with Crippen LogP contribution in [0.4, 0.5) is 4.79 Å². The predicted molar refractivity (Wildman–Crippen MR) is 97.4 cm³/mol. The monoisotopic (exact) mass is 370 g/mol. The Hall–Kier alpha value is -2.39. The first-order valence-electron chi connectivity index (χ1n) is 8.43. The second kappa shape index (κ2) is 8.33. The summed E-state index contributed by atoms with van der Waals surface area (Å²) in [5.74, 6) is 0. The molecule has 0 amide bonds. The summed E-state index contributed by atoms with van der Waals surface area (Å²) in [6, 6.07) is 18.6. The van der Waals surface area contributed by atoms with Crippen LogP contribution in [-0.2, 0) is 4.74 Å². The molecule has 1 N–H and O–H groups in total. The number of likely N-dealkylation sites (tertiary alicyclic amines) is 1. The van der Waals surface area contributed by atoms with Crippen molar-refractivity contribution < 1.29 is 14.6 Å². The molecule has 1 heterocycles. The van der Waals surface area contributed by atoms with Gasteiger partial charge in [-0.3, -0.25) is 4.90 Å². The smallest absolute Gasteiger partial charge is 0.405 e. The van der Waals surface area contributed by atoms with E-state index in [1.807, 2.05) is 47.4 Å². The molecule has 5 nitrogen and oxygen atoms in total. The van der Waals surface area contributed by atoms with Crippen LogP contribution in [-0.4, -0.2) is 28.1 Å². The van der Waals surface area contributed by atoms with Gasteiger partial charge in [0.15, 0.2) is 6.23 Å². The Morgan fingerprint density at radius 2 is 1.92 bits per heavy atom. The van der Waals surface area contributed by atoms with E-state index in [1.165, 1.54) is 0 Å². The van der Waals surface area contributed by atoms with Crippen molar-refractivity contribution in [3.8, 4) is 6.07 Å². The molecule has 134 valence electrons. The number of piperidine rings is 1. The molecule has 3 rings (SSSR count). The van der Waals surface area contributed by atoms with Crippen molar-refractivity contribution in [2.24, 2.45) is 0 Å². The summed E-state index contributed by atoms with van der Waals surface area (Å²) in [5, 5.41) is 19.2. The molecule has 3 unspecified atom stereocenters. The SMILES string of the molecule is N#Cc1ccc(C2CC(O)CCN2C(OC(=O)Cl)c2ccccc2)cc1. The van der Waals surface area contributed by atoms with Gasteiger partial charge in [-0.1, -0.05) is 42.5 Å². The van der Waals surface area contributed by atoms with E-state index in [-0.39, 0.29) is 6.04 Å². The van der Waals surface area contributed by atoms with Crippen molar-refractivity contribution in [2.75, 3.05) is 6.54 Å². The molecule has 0 bridgehead atoms. The average Bonchev–Trinajstić information content (AvgIpc) is 2.67. The first-order chi connectivity index (χ1) is 12.6. The van der Waals surface area contributed by atoms with Crippen molar-refractivity contribution in [2.45, 2.75) is 31.2 Å². The summed E-state index contributed by atoms with van der Waals surface area (Å²) in [6.45, 7) is 0.551. The minimum atomic E-state index is -0.872. The Kier molecular flexibility index (Phi) is 5.89. The third-order valence-electron chi connectivity index (χ3n) is 4.63. The Morgan fingerprint density at radius 1 is 1.23 bits per heavy atom. The molecule has 0 radical (unpaired) electrons. The van der Waals surface area contributed by atoms with Crippen molar-refractivity contribution in [1.82, 2.24) is 4.90 Å². The first-order valence-corrected chi connectivity index (χ1v) is 8.81. The van der Waals surface area contributed by atoms with Gasteiger partial charge >= 0.3 is 5.43 Å². The highest BCUT2D eigenvalue weighted by Crippen LogP contribution is 2.38. The van der Waals surface area contributed by atoms with Gasteiger partial charge in [-0.2, -0.15) is 5.26 Å². The maximum atomic E-state index is 11.5. The van der Waals surface area contributed by atoms with Gasteiger partial charge < -0.3 is 9.84 Å². The molecule has 3 atom stereocenters. The minimum Gasteiger partial charge on any atom is -0.430 e. The Balaban J connectivity index is 1.96. The van der Waals surface area contributed by atoms with E-state index in [4.69, 9.17) is 21.6 Å². The Bertz CT molecular complexity index is 789. The van der Waals surface area contributed by atoms with E-state index in [0.717, 1.165) is 11.1 Å². The summed E-state index contributed by atoms with van der Waals surface area (Å²) < 4.78 is 5.43. The summed E-state index contributed by atoms with van der Waals surface area (Å²) in [5.41, 5.74) is 1.47. The predicted octanol–water partition coefficient (Wildman–Crippen LogP) is 4.13. The lowest BCUT2D eigenvalue weighted by molar-refractivity contribution is -0.0700. The summed E-state index contributed by atoms with van der Waals surface area (Å²) in [7, 11) is 0. The van der Waals surface area contributed by atoms with Crippen LogP contribution in [0.1, 0.15) is 41.8 Å². The zero-order valence-corrected chi connectivity index (χ0v) is 14.8. The lowest BCUT2D eigenvalue weighted by Gasteiger charge is -2.42. The molecule has 0 aliphatic carbocycles. The molecule has 0 aromatic heterocycles. The van der Waals surface area contributed by atoms with Crippen molar-refractivity contribution in [3.05, 3.63) is 71.3 Å². The van der Waals surface area contributed by atoms with Gasteiger partial charge in [-0.05, 0) is 30.5 Å². The molecule has 1 fully saturated rings. The zero-order chi connectivity index (χ0) is 18.5. The quantitative estimate of drug-likeness (QED) is 0.819.